The first-order chi connectivity index (χ1) is 11.6. The highest BCUT2D eigenvalue weighted by Gasteiger charge is 2.12. The lowest BCUT2D eigenvalue weighted by Crippen LogP contribution is -2.25. The number of benzene rings is 1. The predicted molar refractivity (Wildman–Crippen MR) is 97.3 cm³/mol. The summed E-state index contributed by atoms with van der Waals surface area (Å²) in [7, 11) is 0. The highest BCUT2D eigenvalue weighted by atomic mass is 32.2. The molecule has 0 bridgehead atoms. The van der Waals surface area contributed by atoms with Crippen LogP contribution in [0.5, 0.6) is 0 Å². The molecule has 0 atom stereocenters. The molecule has 0 spiro atoms. The van der Waals surface area contributed by atoms with Crippen LogP contribution in [0.3, 0.4) is 0 Å². The molecular formula is C17H21N5OS. The van der Waals surface area contributed by atoms with E-state index in [4.69, 9.17) is 0 Å². The summed E-state index contributed by atoms with van der Waals surface area (Å²) in [5.74, 6) is 0.741. The molecule has 0 aliphatic carbocycles. The number of H-pyrrole nitrogens is 1. The second kappa shape index (κ2) is 7.17. The fourth-order valence-electron chi connectivity index (χ4n) is 2.44. The van der Waals surface area contributed by atoms with Crippen LogP contribution in [0.1, 0.15) is 38.7 Å². The van der Waals surface area contributed by atoms with E-state index in [2.05, 4.69) is 57.5 Å². The van der Waals surface area contributed by atoms with Gasteiger partial charge in [-0.3, -0.25) is 4.79 Å². The summed E-state index contributed by atoms with van der Waals surface area (Å²) < 4.78 is 0. The summed E-state index contributed by atoms with van der Waals surface area (Å²) in [6.07, 6.45) is 0.924. The number of amides is 1. The summed E-state index contributed by atoms with van der Waals surface area (Å²) in [6.45, 7) is 7.04. The van der Waals surface area contributed by atoms with Gasteiger partial charge >= 0.3 is 0 Å². The number of fused-ring (bicyclic) bond motifs is 3. The summed E-state index contributed by atoms with van der Waals surface area (Å²) >= 11 is 1.29. The van der Waals surface area contributed by atoms with Gasteiger partial charge in [0.05, 0.1) is 5.75 Å². The van der Waals surface area contributed by atoms with Crippen molar-refractivity contribution >= 4 is 39.7 Å². The molecule has 0 saturated heterocycles. The molecule has 1 aromatic carbocycles. The summed E-state index contributed by atoms with van der Waals surface area (Å²) in [5, 5.41) is 12.8. The summed E-state index contributed by atoms with van der Waals surface area (Å²) in [6, 6.07) is 6.31. The Hall–Kier alpha value is -2.15. The fourth-order valence-corrected chi connectivity index (χ4v) is 3.06. The van der Waals surface area contributed by atoms with Gasteiger partial charge in [0.2, 0.25) is 11.1 Å². The zero-order valence-corrected chi connectivity index (χ0v) is 14.9. The smallest absolute Gasteiger partial charge is 0.230 e. The molecule has 3 aromatic rings. The van der Waals surface area contributed by atoms with E-state index in [1.165, 1.54) is 17.3 Å². The van der Waals surface area contributed by atoms with Crippen LogP contribution in [-0.2, 0) is 4.79 Å². The van der Waals surface area contributed by atoms with E-state index in [-0.39, 0.29) is 5.91 Å². The molecule has 0 aliphatic rings. The number of rotatable bonds is 6. The van der Waals surface area contributed by atoms with Gasteiger partial charge in [0.1, 0.15) is 5.52 Å². The first-order valence-electron chi connectivity index (χ1n) is 8.14. The molecule has 0 radical (unpaired) electrons. The van der Waals surface area contributed by atoms with Crippen LogP contribution < -0.4 is 5.32 Å². The Morgan fingerprint density at radius 3 is 2.92 bits per heavy atom. The van der Waals surface area contributed by atoms with Gasteiger partial charge in [-0.25, -0.2) is 4.98 Å². The third-order valence-corrected chi connectivity index (χ3v) is 4.63. The van der Waals surface area contributed by atoms with Crippen LogP contribution in [0.15, 0.2) is 23.4 Å². The van der Waals surface area contributed by atoms with E-state index in [1.807, 2.05) is 6.92 Å². The average Bonchev–Trinajstić information content (AvgIpc) is 2.94. The first-order valence-corrected chi connectivity index (χ1v) is 9.12. The van der Waals surface area contributed by atoms with Crippen LogP contribution in [0.25, 0.3) is 22.1 Å². The van der Waals surface area contributed by atoms with Gasteiger partial charge in [0.15, 0.2) is 5.65 Å². The minimum atomic E-state index is -0.0104. The number of hydrogen-bond acceptors (Lipinski definition) is 5. The highest BCUT2D eigenvalue weighted by Crippen LogP contribution is 2.27. The normalized spacial score (nSPS) is 11.5. The van der Waals surface area contributed by atoms with Gasteiger partial charge in [0.25, 0.3) is 0 Å². The summed E-state index contributed by atoms with van der Waals surface area (Å²) in [5.41, 5.74) is 3.74. The van der Waals surface area contributed by atoms with Gasteiger partial charge in [0, 0.05) is 17.4 Å². The number of nitrogens with one attached hydrogen (secondary N) is 2. The van der Waals surface area contributed by atoms with Gasteiger partial charge in [-0.05, 0) is 30.0 Å². The van der Waals surface area contributed by atoms with E-state index >= 15 is 0 Å². The fraction of sp³-hybridized carbons (Fsp3) is 0.412. The van der Waals surface area contributed by atoms with E-state index in [1.54, 1.807) is 0 Å². The van der Waals surface area contributed by atoms with Crippen LogP contribution >= 0.6 is 11.8 Å². The number of hydrogen-bond donors (Lipinski definition) is 2. The zero-order valence-electron chi connectivity index (χ0n) is 14.1. The van der Waals surface area contributed by atoms with E-state index in [0.29, 0.717) is 29.0 Å². The number of carbonyl (C=O) groups excluding carboxylic acids is 1. The molecule has 0 fully saturated rings. The molecule has 7 heteroatoms. The Labute approximate surface area is 144 Å². The van der Waals surface area contributed by atoms with Gasteiger partial charge in [-0.15, -0.1) is 10.2 Å². The molecule has 3 rings (SSSR count). The standard InChI is InChI=1S/C17H21N5OS/c1-4-7-18-14(23)9-24-17-20-16-15(21-22-17)12-8-11(10(2)3)5-6-13(12)19-16/h5-6,8,10H,4,7,9H2,1-3H3,(H,18,23)(H,19,20,22). The molecule has 24 heavy (non-hydrogen) atoms. The Morgan fingerprint density at radius 1 is 1.33 bits per heavy atom. The minimum Gasteiger partial charge on any atom is -0.355 e. The third kappa shape index (κ3) is 3.51. The Bertz CT molecular complexity index is 874. The summed E-state index contributed by atoms with van der Waals surface area (Å²) in [4.78, 5) is 19.4. The second-order valence-corrected chi connectivity index (χ2v) is 6.96. The van der Waals surface area contributed by atoms with Crippen molar-refractivity contribution in [3.05, 3.63) is 23.8 Å². The maximum absolute atomic E-state index is 11.7. The van der Waals surface area contributed by atoms with Crippen molar-refractivity contribution in [1.29, 1.82) is 0 Å². The van der Waals surface area contributed by atoms with Gasteiger partial charge in [-0.1, -0.05) is 38.6 Å². The van der Waals surface area contributed by atoms with Crippen molar-refractivity contribution in [3.8, 4) is 0 Å². The highest BCUT2D eigenvalue weighted by molar-refractivity contribution is 7.99. The van der Waals surface area contributed by atoms with Crippen molar-refractivity contribution < 1.29 is 4.79 Å². The number of carbonyl (C=O) groups is 1. The van der Waals surface area contributed by atoms with Crippen molar-refractivity contribution in [2.45, 2.75) is 38.3 Å². The lowest BCUT2D eigenvalue weighted by Gasteiger charge is -2.04. The number of nitrogens with zero attached hydrogens (tertiary/aromatic N) is 3. The zero-order chi connectivity index (χ0) is 17.1. The molecule has 0 saturated carbocycles. The molecule has 0 unspecified atom stereocenters. The van der Waals surface area contributed by atoms with Crippen LogP contribution in [-0.4, -0.2) is 38.4 Å². The van der Waals surface area contributed by atoms with Crippen molar-refractivity contribution in [2.24, 2.45) is 0 Å². The number of thioether (sulfide) groups is 1. The Morgan fingerprint density at radius 2 is 2.17 bits per heavy atom. The number of aromatic amines is 1. The molecule has 2 aromatic heterocycles. The third-order valence-electron chi connectivity index (χ3n) is 3.79. The lowest BCUT2D eigenvalue weighted by atomic mass is 10.0. The average molecular weight is 343 g/mol. The second-order valence-electron chi connectivity index (χ2n) is 6.01. The maximum atomic E-state index is 11.7. The molecular weight excluding hydrogens is 322 g/mol. The first kappa shape index (κ1) is 16.7. The SMILES string of the molecule is CCCNC(=O)CSc1nnc2c(n1)[nH]c1ccc(C(C)C)cc12. The van der Waals surface area contributed by atoms with E-state index in [9.17, 15) is 4.79 Å². The van der Waals surface area contributed by atoms with Crippen LogP contribution in [0.2, 0.25) is 0 Å². The lowest BCUT2D eigenvalue weighted by molar-refractivity contribution is -0.118. The molecule has 6 nitrogen and oxygen atoms in total. The predicted octanol–water partition coefficient (Wildman–Crippen LogP) is 3.25. The molecule has 2 heterocycles. The molecule has 0 aliphatic heterocycles. The molecule has 126 valence electrons. The van der Waals surface area contributed by atoms with E-state index in [0.717, 1.165) is 22.8 Å². The van der Waals surface area contributed by atoms with Crippen molar-refractivity contribution in [3.63, 3.8) is 0 Å². The topological polar surface area (TPSA) is 83.6 Å². The Kier molecular flexibility index (Phi) is 4.99. The quantitative estimate of drug-likeness (QED) is 0.671. The minimum absolute atomic E-state index is 0.0104. The van der Waals surface area contributed by atoms with Crippen molar-refractivity contribution in [2.75, 3.05) is 12.3 Å². The Balaban J connectivity index is 1.83. The van der Waals surface area contributed by atoms with Crippen LogP contribution in [0.4, 0.5) is 0 Å². The maximum Gasteiger partial charge on any atom is 0.230 e. The monoisotopic (exact) mass is 343 g/mol. The van der Waals surface area contributed by atoms with Gasteiger partial charge < -0.3 is 10.3 Å². The van der Waals surface area contributed by atoms with Crippen molar-refractivity contribution in [1.82, 2.24) is 25.5 Å². The number of aromatic nitrogens is 4. The molecule has 1 amide bonds. The van der Waals surface area contributed by atoms with Crippen LogP contribution in [0, 0.1) is 0 Å². The largest absolute Gasteiger partial charge is 0.355 e. The van der Waals surface area contributed by atoms with Gasteiger partial charge in [-0.2, -0.15) is 0 Å². The van der Waals surface area contributed by atoms with E-state index < -0.39 is 0 Å². The molecule has 2 N–H and O–H groups in total.